The molecule has 0 saturated heterocycles. The predicted octanol–water partition coefficient (Wildman–Crippen LogP) is 7.46. The second kappa shape index (κ2) is 16.7. The highest BCUT2D eigenvalue weighted by molar-refractivity contribution is 5.98. The third kappa shape index (κ3) is 8.05. The summed E-state index contributed by atoms with van der Waals surface area (Å²) >= 11 is 0. The first-order valence-corrected chi connectivity index (χ1v) is 17.5. The van der Waals surface area contributed by atoms with Gasteiger partial charge in [0.15, 0.2) is 0 Å². The molecule has 268 valence electrons. The Balaban J connectivity index is 1.30. The van der Waals surface area contributed by atoms with Crippen LogP contribution in [-0.4, -0.2) is 46.7 Å². The number of hydrogen-bond acceptors (Lipinski definition) is 6. The maximum absolute atomic E-state index is 13.9. The van der Waals surface area contributed by atoms with Crippen molar-refractivity contribution in [1.29, 1.82) is 0 Å². The summed E-state index contributed by atoms with van der Waals surface area (Å²) in [5.41, 5.74) is 5.08. The van der Waals surface area contributed by atoms with Crippen LogP contribution in [0.25, 0.3) is 0 Å². The van der Waals surface area contributed by atoms with E-state index in [1.165, 1.54) is 12.0 Å². The fourth-order valence-corrected chi connectivity index (χ4v) is 6.57. The Morgan fingerprint density at radius 3 is 1.77 bits per heavy atom. The van der Waals surface area contributed by atoms with Crippen molar-refractivity contribution in [3.63, 3.8) is 0 Å². The van der Waals surface area contributed by atoms with Crippen LogP contribution in [0.3, 0.4) is 0 Å². The van der Waals surface area contributed by atoms with Gasteiger partial charge in [-0.15, -0.1) is 0 Å². The van der Waals surface area contributed by atoms with Gasteiger partial charge in [-0.05, 0) is 48.2 Å². The maximum Gasteiger partial charge on any atom is 0.415 e. The average molecular weight is 707 g/mol. The Kier molecular flexibility index (Phi) is 11.4. The van der Waals surface area contributed by atoms with Crippen LogP contribution < -0.4 is 10.2 Å². The first kappa shape index (κ1) is 36.3. The van der Waals surface area contributed by atoms with Gasteiger partial charge in [0.05, 0.1) is 19.1 Å². The van der Waals surface area contributed by atoms with Gasteiger partial charge in [-0.3, -0.25) is 9.69 Å². The summed E-state index contributed by atoms with van der Waals surface area (Å²) in [6.45, 7) is 3.56. The first-order valence-electron chi connectivity index (χ1n) is 17.5. The van der Waals surface area contributed by atoms with Crippen LogP contribution in [0.5, 0.6) is 0 Å². The zero-order valence-corrected chi connectivity index (χ0v) is 30.0. The second-order valence-electron chi connectivity index (χ2n) is 12.8. The molecule has 6 aromatic rings. The van der Waals surface area contributed by atoms with Gasteiger partial charge in [0.25, 0.3) is 0 Å². The van der Waals surface area contributed by atoms with Gasteiger partial charge in [0, 0.05) is 18.3 Å². The summed E-state index contributed by atoms with van der Waals surface area (Å²) in [5.74, 6) is -1.21. The Bertz CT molecular complexity index is 2010. The molecule has 5 aromatic carbocycles. The molecule has 0 fully saturated rings. The minimum Gasteiger partial charge on any atom is -0.467 e. The third-order valence-electron chi connectivity index (χ3n) is 9.29. The number of aromatic nitrogens is 2. The van der Waals surface area contributed by atoms with Crippen molar-refractivity contribution in [2.45, 2.75) is 44.5 Å². The van der Waals surface area contributed by atoms with Crippen molar-refractivity contribution in [2.24, 2.45) is 0 Å². The highest BCUT2D eigenvalue weighted by Crippen LogP contribution is 2.40. The number of imidazole rings is 1. The third-order valence-corrected chi connectivity index (χ3v) is 9.29. The quantitative estimate of drug-likeness (QED) is 0.0988. The Morgan fingerprint density at radius 2 is 1.26 bits per heavy atom. The number of methoxy groups -OCH3 is 1. The number of nitrogens with zero attached hydrogens (tertiary/aromatic N) is 3. The molecule has 0 saturated carbocycles. The van der Waals surface area contributed by atoms with E-state index in [4.69, 9.17) is 14.5 Å². The lowest BCUT2D eigenvalue weighted by molar-refractivity contribution is -0.145. The van der Waals surface area contributed by atoms with Gasteiger partial charge >= 0.3 is 12.1 Å². The summed E-state index contributed by atoms with van der Waals surface area (Å²) in [4.78, 5) is 46.8. The molecule has 1 heterocycles. The Morgan fingerprint density at radius 1 is 0.755 bits per heavy atom. The zero-order valence-electron chi connectivity index (χ0n) is 30.0. The van der Waals surface area contributed by atoms with Crippen LogP contribution in [-0.2, 0) is 37.6 Å². The van der Waals surface area contributed by atoms with Gasteiger partial charge in [0.1, 0.15) is 24.2 Å². The number of aryl methyl sites for hydroxylation is 1. The number of hydrogen-bond donors (Lipinski definition) is 1. The molecule has 1 aromatic heterocycles. The molecule has 0 aliphatic carbocycles. The van der Waals surface area contributed by atoms with E-state index in [2.05, 4.69) is 41.7 Å². The van der Waals surface area contributed by atoms with E-state index < -0.39 is 35.6 Å². The number of nitrogens with one attached hydrogen (secondary N) is 1. The molecule has 0 radical (unpaired) electrons. The number of anilines is 1. The maximum atomic E-state index is 13.9. The van der Waals surface area contributed by atoms with E-state index in [9.17, 15) is 14.4 Å². The predicted molar refractivity (Wildman–Crippen MR) is 204 cm³/mol. The van der Waals surface area contributed by atoms with Crippen molar-refractivity contribution >= 4 is 23.7 Å². The number of rotatable bonds is 13. The van der Waals surface area contributed by atoms with E-state index in [-0.39, 0.29) is 13.0 Å². The second-order valence-corrected chi connectivity index (χ2v) is 12.8. The zero-order chi connectivity index (χ0) is 37.2. The molecule has 1 N–H and O–H groups in total. The monoisotopic (exact) mass is 706 g/mol. The van der Waals surface area contributed by atoms with Crippen molar-refractivity contribution < 1.29 is 23.9 Å². The van der Waals surface area contributed by atoms with E-state index in [1.807, 2.05) is 115 Å². The highest BCUT2D eigenvalue weighted by atomic mass is 16.6. The summed E-state index contributed by atoms with van der Waals surface area (Å²) in [7, 11) is 1.27. The van der Waals surface area contributed by atoms with Crippen LogP contribution in [0.2, 0.25) is 0 Å². The summed E-state index contributed by atoms with van der Waals surface area (Å²) in [6, 6.07) is 44.9. The van der Waals surface area contributed by atoms with Crippen LogP contribution in [0.15, 0.2) is 158 Å². The van der Waals surface area contributed by atoms with Gasteiger partial charge in [0.2, 0.25) is 5.91 Å². The van der Waals surface area contributed by atoms with E-state index in [0.29, 0.717) is 11.4 Å². The van der Waals surface area contributed by atoms with Crippen LogP contribution in [0.1, 0.15) is 40.4 Å². The van der Waals surface area contributed by atoms with Crippen molar-refractivity contribution in [3.05, 3.63) is 192 Å². The highest BCUT2D eigenvalue weighted by Gasteiger charge is 2.39. The van der Waals surface area contributed by atoms with E-state index in [0.717, 1.165) is 27.8 Å². The fraction of sp³-hybridized carbons (Fsp3) is 0.182. The van der Waals surface area contributed by atoms with Gasteiger partial charge in [-0.25, -0.2) is 14.6 Å². The van der Waals surface area contributed by atoms with E-state index in [1.54, 1.807) is 25.4 Å². The minimum absolute atomic E-state index is 0.0280. The van der Waals surface area contributed by atoms with Crippen LogP contribution in [0, 0.1) is 6.92 Å². The van der Waals surface area contributed by atoms with Crippen molar-refractivity contribution in [1.82, 2.24) is 14.9 Å². The molecule has 0 aliphatic rings. The molecule has 0 bridgehead atoms. The number of carbonyl (C=O) groups excluding carboxylic acids is 3. The minimum atomic E-state index is -1.10. The largest absolute Gasteiger partial charge is 0.467 e. The van der Waals surface area contributed by atoms with E-state index >= 15 is 0 Å². The van der Waals surface area contributed by atoms with Gasteiger partial charge in [-0.1, -0.05) is 139 Å². The smallest absolute Gasteiger partial charge is 0.415 e. The molecule has 0 spiro atoms. The Hall–Kier alpha value is -6.48. The summed E-state index contributed by atoms with van der Waals surface area (Å²) < 4.78 is 12.9. The molecule has 53 heavy (non-hydrogen) atoms. The number of carbonyl (C=O) groups is 3. The summed E-state index contributed by atoms with van der Waals surface area (Å²) in [6.07, 6.45) is 2.99. The topological polar surface area (TPSA) is 103 Å². The average Bonchev–Trinajstić information content (AvgIpc) is 3.67. The molecule has 9 heteroatoms. The molecule has 6 rings (SSSR count). The van der Waals surface area contributed by atoms with Gasteiger partial charge in [-0.2, -0.15) is 0 Å². The molecular weight excluding hydrogens is 665 g/mol. The number of benzene rings is 5. The van der Waals surface area contributed by atoms with Crippen molar-refractivity contribution in [2.75, 3.05) is 12.0 Å². The lowest BCUT2D eigenvalue weighted by Gasteiger charge is -2.37. The number of esters is 1. The SMILES string of the molecule is COC(=O)[C@H](Cc1cn(C(c2ccccc2)(c2ccccc2)c2ccccc2)cn1)NC(=O)[C@H](C)N(C(=O)OCc1ccccc1)c1ccc(C)cc1. The molecule has 2 amide bonds. The number of amides is 2. The molecule has 0 aliphatic heterocycles. The molecule has 2 atom stereocenters. The molecular formula is C44H42N4O5. The fourth-order valence-electron chi connectivity index (χ4n) is 6.57. The van der Waals surface area contributed by atoms with Gasteiger partial charge < -0.3 is 19.4 Å². The Labute approximate surface area is 309 Å². The normalized spacial score (nSPS) is 12.3. The lowest BCUT2D eigenvalue weighted by atomic mass is 9.77. The lowest BCUT2D eigenvalue weighted by Crippen LogP contribution is -2.53. The molecule has 0 unspecified atom stereocenters. The van der Waals surface area contributed by atoms with Crippen LogP contribution in [0.4, 0.5) is 10.5 Å². The summed E-state index contributed by atoms with van der Waals surface area (Å²) in [5, 5.41) is 2.84. The van der Waals surface area contributed by atoms with Crippen LogP contribution >= 0.6 is 0 Å². The molecule has 9 nitrogen and oxygen atoms in total. The van der Waals surface area contributed by atoms with Crippen molar-refractivity contribution in [3.8, 4) is 0 Å². The first-order chi connectivity index (χ1) is 25.8. The number of ether oxygens (including phenoxy) is 2. The standard InChI is InChI=1S/C44H42N4O5/c1-32-24-26-39(27-25-32)48(43(51)53-30-34-16-8-4-9-17-34)33(2)41(49)46-40(42(50)52-3)28-38-29-47(31-45-38)44(35-18-10-5-11-19-35,36-20-12-6-13-21-36)37-22-14-7-15-23-37/h4-27,29,31,33,40H,28,30H2,1-3H3,(H,46,49)/t33-,40-/m0/s1.